The molecule has 0 unspecified atom stereocenters. The number of anilines is 1. The number of aromatic nitrogens is 4. The predicted molar refractivity (Wildman–Crippen MR) is 112 cm³/mol. The molecule has 1 aliphatic rings. The van der Waals surface area contributed by atoms with Crippen molar-refractivity contribution in [2.45, 2.75) is 13.8 Å². The average molecular weight is 405 g/mol. The Bertz CT molecular complexity index is 911. The Hall–Kier alpha value is -2.02. The van der Waals surface area contributed by atoms with Crippen molar-refractivity contribution in [1.29, 1.82) is 0 Å². The van der Waals surface area contributed by atoms with Gasteiger partial charge in [-0.25, -0.2) is 19.9 Å². The third-order valence-corrected chi connectivity index (χ3v) is 4.78. The van der Waals surface area contributed by atoms with E-state index in [2.05, 4.69) is 36.8 Å². The van der Waals surface area contributed by atoms with Gasteiger partial charge in [-0.1, -0.05) is 67.4 Å². The van der Waals surface area contributed by atoms with E-state index in [1.54, 1.807) is 0 Å². The van der Waals surface area contributed by atoms with Crippen LogP contribution in [0.3, 0.4) is 0 Å². The van der Waals surface area contributed by atoms with Gasteiger partial charge in [0.2, 0.25) is 0 Å². The summed E-state index contributed by atoms with van der Waals surface area (Å²) in [6, 6.07) is 9.67. The van der Waals surface area contributed by atoms with Gasteiger partial charge in [0, 0.05) is 31.7 Å². The van der Waals surface area contributed by atoms with Crippen LogP contribution in [-0.4, -0.2) is 58.1 Å². The molecule has 0 radical (unpaired) electrons. The second-order valence-corrected chi connectivity index (χ2v) is 6.72. The zero-order chi connectivity index (χ0) is 19.4. The molecule has 6 nitrogen and oxygen atoms in total. The van der Waals surface area contributed by atoms with Gasteiger partial charge in [0.1, 0.15) is 5.52 Å². The third-order valence-electron chi connectivity index (χ3n) is 4.26. The minimum atomic E-state index is 0.253. The molecule has 142 valence electrons. The van der Waals surface area contributed by atoms with Crippen molar-refractivity contribution in [1.82, 2.24) is 24.8 Å². The quantitative estimate of drug-likeness (QED) is 0.597. The lowest BCUT2D eigenvalue weighted by molar-refractivity contribution is 0.312. The largest absolute Gasteiger partial charge is 0.351 e. The lowest BCUT2D eigenvalue weighted by Gasteiger charge is -2.33. The highest BCUT2D eigenvalue weighted by Gasteiger charge is 2.21. The summed E-state index contributed by atoms with van der Waals surface area (Å²) in [5.41, 5.74) is 1.76. The molecule has 0 N–H and O–H groups in total. The summed E-state index contributed by atoms with van der Waals surface area (Å²) in [5, 5.41) is 0.582. The van der Waals surface area contributed by atoms with Crippen LogP contribution in [0.25, 0.3) is 22.6 Å². The summed E-state index contributed by atoms with van der Waals surface area (Å²) in [6.07, 6.45) is 0. The molecule has 1 saturated heterocycles. The van der Waals surface area contributed by atoms with Crippen molar-refractivity contribution >= 4 is 40.2 Å². The first-order chi connectivity index (χ1) is 13.1. The average Bonchev–Trinajstić information content (AvgIpc) is 2.71. The molecular weight excluding hydrogens is 383 g/mol. The molecule has 2 aromatic heterocycles. The highest BCUT2D eigenvalue weighted by atomic mass is 35.5. The van der Waals surface area contributed by atoms with Gasteiger partial charge >= 0.3 is 0 Å². The van der Waals surface area contributed by atoms with Crippen molar-refractivity contribution in [3.63, 3.8) is 0 Å². The van der Waals surface area contributed by atoms with Crippen molar-refractivity contribution < 1.29 is 0 Å². The number of fused-ring (bicyclic) bond motifs is 1. The van der Waals surface area contributed by atoms with Gasteiger partial charge in [-0.05, 0) is 7.05 Å². The van der Waals surface area contributed by atoms with Gasteiger partial charge in [-0.15, -0.1) is 0 Å². The van der Waals surface area contributed by atoms with Crippen LogP contribution >= 0.6 is 23.2 Å². The number of halogens is 2. The molecule has 0 atom stereocenters. The van der Waals surface area contributed by atoms with E-state index in [9.17, 15) is 0 Å². The SMILES string of the molecule is CC.CN1CCN(c2nc3nc(-c4ccccc4)nc(Cl)c3nc2Cl)CC1. The zero-order valence-electron chi connectivity index (χ0n) is 15.7. The Morgan fingerprint density at radius 1 is 0.815 bits per heavy atom. The van der Waals surface area contributed by atoms with Crippen molar-refractivity contribution in [2.75, 3.05) is 38.1 Å². The molecular formula is C19H22Cl2N6. The van der Waals surface area contributed by atoms with Crippen LogP contribution in [0.1, 0.15) is 13.8 Å². The van der Waals surface area contributed by atoms with Crippen LogP contribution in [-0.2, 0) is 0 Å². The van der Waals surface area contributed by atoms with Gasteiger partial charge in [0.05, 0.1) is 0 Å². The molecule has 1 aliphatic heterocycles. The molecule has 27 heavy (non-hydrogen) atoms. The fourth-order valence-corrected chi connectivity index (χ4v) is 3.27. The first-order valence-corrected chi connectivity index (χ1v) is 9.77. The molecule has 3 heterocycles. The van der Waals surface area contributed by atoms with E-state index in [1.807, 2.05) is 44.2 Å². The minimum Gasteiger partial charge on any atom is -0.351 e. The van der Waals surface area contributed by atoms with Gasteiger partial charge in [-0.3, -0.25) is 0 Å². The van der Waals surface area contributed by atoms with Crippen LogP contribution in [0.5, 0.6) is 0 Å². The second kappa shape index (κ2) is 8.78. The van der Waals surface area contributed by atoms with E-state index >= 15 is 0 Å². The fraction of sp³-hybridized carbons (Fsp3) is 0.368. The summed E-state index contributed by atoms with van der Waals surface area (Å²) in [5.74, 6) is 1.18. The van der Waals surface area contributed by atoms with Gasteiger partial charge < -0.3 is 9.80 Å². The standard InChI is InChI=1S/C17H16Cl2N6.C2H6/c1-24-7-9-25(10-8-24)17-14(19)20-12-13(18)21-15(22-16(12)23-17)11-5-3-2-4-6-11;1-2/h2-6H,7-10H2,1H3;1-2H3. The normalized spacial score (nSPS) is 14.8. The maximum absolute atomic E-state index is 6.36. The summed E-state index contributed by atoms with van der Waals surface area (Å²) in [4.78, 5) is 22.3. The van der Waals surface area contributed by atoms with E-state index in [0.717, 1.165) is 31.7 Å². The highest BCUT2D eigenvalue weighted by molar-refractivity contribution is 6.35. The molecule has 1 fully saturated rings. The number of nitrogens with zero attached hydrogens (tertiary/aromatic N) is 6. The Labute approximate surface area is 169 Å². The number of rotatable bonds is 2. The molecule has 0 amide bonds. The molecule has 4 rings (SSSR count). The first-order valence-electron chi connectivity index (χ1n) is 9.01. The monoisotopic (exact) mass is 404 g/mol. The van der Waals surface area contributed by atoms with Crippen molar-refractivity contribution in [3.8, 4) is 11.4 Å². The molecule has 0 aliphatic carbocycles. The molecule has 0 bridgehead atoms. The van der Waals surface area contributed by atoms with Crippen LogP contribution in [0.4, 0.5) is 5.82 Å². The summed E-state index contributed by atoms with van der Waals surface area (Å²) in [7, 11) is 2.10. The van der Waals surface area contributed by atoms with E-state index in [1.165, 1.54) is 0 Å². The second-order valence-electron chi connectivity index (χ2n) is 6.00. The maximum Gasteiger partial charge on any atom is 0.185 e. The molecule has 0 saturated carbocycles. The number of likely N-dealkylation sites (N-methyl/N-ethyl adjacent to an activating group) is 1. The lowest BCUT2D eigenvalue weighted by Crippen LogP contribution is -2.45. The molecule has 1 aromatic carbocycles. The fourth-order valence-electron chi connectivity index (χ4n) is 2.82. The number of hydrogen-bond acceptors (Lipinski definition) is 6. The predicted octanol–water partition coefficient (Wildman–Crippen LogP) is 4.17. The van der Waals surface area contributed by atoms with E-state index in [-0.39, 0.29) is 5.15 Å². The number of piperazine rings is 1. The topological polar surface area (TPSA) is 58.0 Å². The summed E-state index contributed by atoms with van der Waals surface area (Å²) < 4.78 is 0. The Kier molecular flexibility index (Phi) is 6.42. The number of hydrogen-bond donors (Lipinski definition) is 0. The zero-order valence-corrected chi connectivity index (χ0v) is 17.2. The lowest BCUT2D eigenvalue weighted by atomic mass is 10.2. The Morgan fingerprint density at radius 2 is 1.48 bits per heavy atom. The van der Waals surface area contributed by atoms with Crippen LogP contribution in [0, 0.1) is 0 Å². The molecule has 3 aromatic rings. The van der Waals surface area contributed by atoms with E-state index in [4.69, 9.17) is 23.2 Å². The summed E-state index contributed by atoms with van der Waals surface area (Å²) in [6.45, 7) is 7.60. The third kappa shape index (κ3) is 4.29. The van der Waals surface area contributed by atoms with Crippen molar-refractivity contribution in [3.05, 3.63) is 40.6 Å². The number of benzene rings is 1. The first kappa shape index (κ1) is 19.7. The van der Waals surface area contributed by atoms with Gasteiger partial charge in [0.15, 0.2) is 27.6 Å². The van der Waals surface area contributed by atoms with E-state index < -0.39 is 0 Å². The van der Waals surface area contributed by atoms with Crippen LogP contribution < -0.4 is 4.90 Å². The van der Waals surface area contributed by atoms with Gasteiger partial charge in [-0.2, -0.15) is 0 Å². The maximum atomic E-state index is 6.36. The summed E-state index contributed by atoms with van der Waals surface area (Å²) >= 11 is 12.7. The van der Waals surface area contributed by atoms with Crippen LogP contribution in [0.2, 0.25) is 10.3 Å². The van der Waals surface area contributed by atoms with Crippen LogP contribution in [0.15, 0.2) is 30.3 Å². The highest BCUT2D eigenvalue weighted by Crippen LogP contribution is 2.29. The van der Waals surface area contributed by atoms with Gasteiger partial charge in [0.25, 0.3) is 0 Å². The Balaban J connectivity index is 0.00000102. The molecule has 0 spiro atoms. The van der Waals surface area contributed by atoms with Crippen molar-refractivity contribution in [2.24, 2.45) is 0 Å². The smallest absolute Gasteiger partial charge is 0.185 e. The van der Waals surface area contributed by atoms with E-state index in [0.29, 0.717) is 28.0 Å². The minimum absolute atomic E-state index is 0.253. The molecule has 8 heteroatoms. The Morgan fingerprint density at radius 3 is 2.15 bits per heavy atom.